The van der Waals surface area contributed by atoms with Gasteiger partial charge in [0.25, 0.3) is 0 Å². The summed E-state index contributed by atoms with van der Waals surface area (Å²) in [6.45, 7) is 5.59. The van der Waals surface area contributed by atoms with Gasteiger partial charge in [0.15, 0.2) is 0 Å². The Bertz CT molecular complexity index is 436. The van der Waals surface area contributed by atoms with Crippen LogP contribution in [0.3, 0.4) is 0 Å². The van der Waals surface area contributed by atoms with Crippen molar-refractivity contribution in [3.63, 3.8) is 0 Å². The zero-order valence-corrected chi connectivity index (χ0v) is 13.4. The van der Waals surface area contributed by atoms with E-state index in [1.807, 2.05) is 6.07 Å². The van der Waals surface area contributed by atoms with E-state index in [0.29, 0.717) is 12.0 Å². The summed E-state index contributed by atoms with van der Waals surface area (Å²) in [5.74, 6) is 1.65. The van der Waals surface area contributed by atoms with Crippen LogP contribution in [0.25, 0.3) is 0 Å². The summed E-state index contributed by atoms with van der Waals surface area (Å²) in [5.41, 5.74) is 1.62. The molecule has 1 aliphatic rings. The van der Waals surface area contributed by atoms with Crippen LogP contribution in [-0.4, -0.2) is 44.2 Å². The Kier molecular flexibility index (Phi) is 4.71. The van der Waals surface area contributed by atoms with E-state index in [0.717, 1.165) is 12.3 Å². The fraction of sp³-hybridized carbons (Fsp3) is 0.647. The number of hydrogen-bond donors (Lipinski definition) is 1. The number of ether oxygens (including phenoxy) is 1. The molecule has 112 valence electrons. The van der Waals surface area contributed by atoms with Crippen molar-refractivity contribution < 1.29 is 4.74 Å². The second-order valence-electron chi connectivity index (χ2n) is 6.73. The highest BCUT2D eigenvalue weighted by molar-refractivity contribution is 5.32. The number of nitrogens with one attached hydrogen (secondary N) is 1. The molecule has 0 aliphatic heterocycles. The molecular formula is C17H28N2O. The minimum Gasteiger partial charge on any atom is -0.497 e. The standard InChI is InChI=1S/C17H28N2O/c1-17(2,19(3)4)12-18-15-9-14(10-15)13-7-6-8-16(11-13)20-5/h6-8,11,14-15,18H,9-10,12H2,1-5H3. The molecule has 2 rings (SSSR count). The van der Waals surface area contributed by atoms with Crippen LogP contribution < -0.4 is 10.1 Å². The molecule has 0 spiro atoms. The maximum Gasteiger partial charge on any atom is 0.119 e. The first-order chi connectivity index (χ1) is 9.42. The normalized spacial score (nSPS) is 22.7. The lowest BCUT2D eigenvalue weighted by atomic mass is 9.75. The zero-order chi connectivity index (χ0) is 14.8. The number of benzene rings is 1. The van der Waals surface area contributed by atoms with Gasteiger partial charge in [-0.15, -0.1) is 0 Å². The summed E-state index contributed by atoms with van der Waals surface area (Å²) >= 11 is 0. The summed E-state index contributed by atoms with van der Waals surface area (Å²) in [4.78, 5) is 2.28. The van der Waals surface area contributed by atoms with Crippen LogP contribution in [-0.2, 0) is 0 Å². The highest BCUT2D eigenvalue weighted by atomic mass is 16.5. The topological polar surface area (TPSA) is 24.5 Å². The summed E-state index contributed by atoms with van der Waals surface area (Å²) in [6, 6.07) is 9.14. The lowest BCUT2D eigenvalue weighted by Gasteiger charge is -2.40. The maximum atomic E-state index is 5.30. The van der Waals surface area contributed by atoms with Crippen LogP contribution in [0.2, 0.25) is 0 Å². The van der Waals surface area contributed by atoms with E-state index >= 15 is 0 Å². The third kappa shape index (κ3) is 3.53. The van der Waals surface area contributed by atoms with E-state index < -0.39 is 0 Å². The van der Waals surface area contributed by atoms with Crippen LogP contribution in [0.15, 0.2) is 24.3 Å². The van der Waals surface area contributed by atoms with Crippen LogP contribution in [0.1, 0.15) is 38.2 Å². The Morgan fingerprint density at radius 2 is 2.00 bits per heavy atom. The van der Waals surface area contributed by atoms with Gasteiger partial charge < -0.3 is 15.0 Å². The van der Waals surface area contributed by atoms with E-state index in [1.165, 1.54) is 18.4 Å². The van der Waals surface area contributed by atoms with Gasteiger partial charge in [-0.25, -0.2) is 0 Å². The lowest BCUT2D eigenvalue weighted by Crippen LogP contribution is -2.51. The summed E-state index contributed by atoms with van der Waals surface area (Å²) in [5, 5.41) is 3.70. The largest absolute Gasteiger partial charge is 0.497 e. The van der Waals surface area contributed by atoms with Gasteiger partial charge in [0, 0.05) is 18.1 Å². The molecule has 0 heterocycles. The third-order valence-electron chi connectivity index (χ3n) is 4.74. The van der Waals surface area contributed by atoms with Crippen molar-refractivity contribution in [3.8, 4) is 5.75 Å². The highest BCUT2D eigenvalue weighted by Crippen LogP contribution is 2.38. The molecule has 20 heavy (non-hydrogen) atoms. The lowest BCUT2D eigenvalue weighted by molar-refractivity contribution is 0.168. The molecule has 0 unspecified atom stereocenters. The molecule has 0 saturated heterocycles. The van der Waals surface area contributed by atoms with Crippen LogP contribution in [0.5, 0.6) is 5.75 Å². The average molecular weight is 276 g/mol. The molecule has 1 N–H and O–H groups in total. The fourth-order valence-electron chi connectivity index (χ4n) is 2.50. The number of likely N-dealkylation sites (N-methyl/N-ethyl adjacent to an activating group) is 1. The van der Waals surface area contributed by atoms with Crippen molar-refractivity contribution in [2.24, 2.45) is 0 Å². The quantitative estimate of drug-likeness (QED) is 0.864. The van der Waals surface area contributed by atoms with Gasteiger partial charge in [-0.1, -0.05) is 12.1 Å². The van der Waals surface area contributed by atoms with Crippen molar-refractivity contribution in [1.29, 1.82) is 0 Å². The Hall–Kier alpha value is -1.06. The van der Waals surface area contributed by atoms with E-state index in [1.54, 1.807) is 7.11 Å². The van der Waals surface area contributed by atoms with E-state index in [9.17, 15) is 0 Å². The van der Waals surface area contributed by atoms with Crippen LogP contribution in [0.4, 0.5) is 0 Å². The van der Waals surface area contributed by atoms with Gasteiger partial charge in [-0.05, 0) is 64.4 Å². The molecule has 0 aromatic heterocycles. The van der Waals surface area contributed by atoms with Crippen LogP contribution in [0, 0.1) is 0 Å². The van der Waals surface area contributed by atoms with Crippen molar-refractivity contribution in [2.45, 2.75) is 44.2 Å². The first-order valence-electron chi connectivity index (χ1n) is 7.47. The average Bonchev–Trinajstić information content (AvgIpc) is 2.36. The van der Waals surface area contributed by atoms with Gasteiger partial charge in [-0.3, -0.25) is 0 Å². The van der Waals surface area contributed by atoms with Crippen molar-refractivity contribution in [2.75, 3.05) is 27.7 Å². The second kappa shape index (κ2) is 6.15. The molecule has 1 aliphatic carbocycles. The summed E-state index contributed by atoms with van der Waals surface area (Å²) in [6.07, 6.45) is 2.47. The molecule has 3 heteroatoms. The highest BCUT2D eigenvalue weighted by Gasteiger charge is 2.31. The fourth-order valence-corrected chi connectivity index (χ4v) is 2.50. The van der Waals surface area contributed by atoms with Gasteiger partial charge in [0.2, 0.25) is 0 Å². The molecule has 1 fully saturated rings. The minimum atomic E-state index is 0.209. The van der Waals surface area contributed by atoms with Gasteiger partial charge in [0.05, 0.1) is 7.11 Å². The first kappa shape index (κ1) is 15.3. The zero-order valence-electron chi connectivity index (χ0n) is 13.4. The Morgan fingerprint density at radius 1 is 1.30 bits per heavy atom. The van der Waals surface area contributed by atoms with Crippen molar-refractivity contribution in [3.05, 3.63) is 29.8 Å². The maximum absolute atomic E-state index is 5.30. The molecule has 1 aromatic carbocycles. The van der Waals surface area contributed by atoms with Crippen LogP contribution >= 0.6 is 0 Å². The Balaban J connectivity index is 1.80. The van der Waals surface area contributed by atoms with Gasteiger partial charge >= 0.3 is 0 Å². The van der Waals surface area contributed by atoms with E-state index in [-0.39, 0.29) is 5.54 Å². The minimum absolute atomic E-state index is 0.209. The first-order valence-corrected chi connectivity index (χ1v) is 7.47. The molecule has 0 bridgehead atoms. The Labute approximate surface area is 123 Å². The number of nitrogens with zero attached hydrogens (tertiary/aromatic N) is 1. The van der Waals surface area contributed by atoms with Gasteiger partial charge in [0.1, 0.15) is 5.75 Å². The monoisotopic (exact) mass is 276 g/mol. The molecule has 0 atom stereocenters. The SMILES string of the molecule is COc1cccc(C2CC(NCC(C)(C)N(C)C)C2)c1. The number of hydrogen-bond acceptors (Lipinski definition) is 3. The smallest absolute Gasteiger partial charge is 0.119 e. The molecule has 3 nitrogen and oxygen atoms in total. The van der Waals surface area contributed by atoms with Gasteiger partial charge in [-0.2, -0.15) is 0 Å². The van der Waals surface area contributed by atoms with Crippen molar-refractivity contribution in [1.82, 2.24) is 10.2 Å². The number of methoxy groups -OCH3 is 1. The Morgan fingerprint density at radius 3 is 2.60 bits per heavy atom. The second-order valence-corrected chi connectivity index (χ2v) is 6.73. The third-order valence-corrected chi connectivity index (χ3v) is 4.74. The number of rotatable bonds is 6. The molecule has 1 aromatic rings. The predicted octanol–water partition coefficient (Wildman–Crippen LogP) is 2.87. The summed E-state index contributed by atoms with van der Waals surface area (Å²) < 4.78 is 5.30. The molecule has 0 amide bonds. The molecule has 1 saturated carbocycles. The van der Waals surface area contributed by atoms with E-state index in [2.05, 4.69) is 56.4 Å². The molecule has 0 radical (unpaired) electrons. The molecular weight excluding hydrogens is 248 g/mol. The predicted molar refractivity (Wildman–Crippen MR) is 84.5 cm³/mol. The van der Waals surface area contributed by atoms with Crippen molar-refractivity contribution >= 4 is 0 Å². The van der Waals surface area contributed by atoms with E-state index in [4.69, 9.17) is 4.74 Å². The summed E-state index contributed by atoms with van der Waals surface area (Å²) in [7, 11) is 6.01.